The van der Waals surface area contributed by atoms with Crippen molar-refractivity contribution >= 4 is 15.9 Å². The summed E-state index contributed by atoms with van der Waals surface area (Å²) in [5.74, 6) is 0. The van der Waals surface area contributed by atoms with Crippen LogP contribution in [-0.2, 0) is 6.42 Å². The molecule has 0 aliphatic carbocycles. The van der Waals surface area contributed by atoms with Crippen molar-refractivity contribution in [2.24, 2.45) is 0 Å². The van der Waals surface area contributed by atoms with Gasteiger partial charge in [-0.2, -0.15) is 0 Å². The molecular formula is C16H19BrN2. The number of halogens is 1. The van der Waals surface area contributed by atoms with Crippen molar-refractivity contribution in [2.75, 3.05) is 6.54 Å². The van der Waals surface area contributed by atoms with Gasteiger partial charge in [-0.15, -0.1) is 0 Å². The smallest absolute Gasteiger partial charge is 0.0577 e. The van der Waals surface area contributed by atoms with Gasteiger partial charge in [0.05, 0.1) is 11.7 Å². The molecule has 0 amide bonds. The molecule has 100 valence electrons. The summed E-state index contributed by atoms with van der Waals surface area (Å²) in [5, 5.41) is 3.58. The molecule has 0 saturated carbocycles. The second-order valence-corrected chi connectivity index (χ2v) is 5.51. The quantitative estimate of drug-likeness (QED) is 0.866. The van der Waals surface area contributed by atoms with Gasteiger partial charge in [0.2, 0.25) is 0 Å². The Labute approximate surface area is 123 Å². The predicted octanol–water partition coefficient (Wildman–Crippen LogP) is 4.13. The van der Waals surface area contributed by atoms with E-state index in [4.69, 9.17) is 0 Å². The molecule has 1 atom stereocenters. The van der Waals surface area contributed by atoms with Gasteiger partial charge in [0.15, 0.2) is 0 Å². The summed E-state index contributed by atoms with van der Waals surface area (Å²) in [4.78, 5) is 4.52. The van der Waals surface area contributed by atoms with Crippen LogP contribution >= 0.6 is 15.9 Å². The summed E-state index contributed by atoms with van der Waals surface area (Å²) < 4.78 is 1.02. The summed E-state index contributed by atoms with van der Waals surface area (Å²) in [6, 6.07) is 15.0. The van der Waals surface area contributed by atoms with Crippen molar-refractivity contribution in [1.29, 1.82) is 0 Å². The molecule has 0 aliphatic rings. The Morgan fingerprint density at radius 2 is 1.95 bits per heavy atom. The zero-order valence-corrected chi connectivity index (χ0v) is 12.7. The van der Waals surface area contributed by atoms with Gasteiger partial charge in [0.25, 0.3) is 0 Å². The Kier molecular flexibility index (Phi) is 5.55. The van der Waals surface area contributed by atoms with Crippen LogP contribution < -0.4 is 5.32 Å². The highest BCUT2D eigenvalue weighted by atomic mass is 79.9. The topological polar surface area (TPSA) is 24.9 Å². The molecule has 0 saturated heterocycles. The lowest BCUT2D eigenvalue weighted by Gasteiger charge is -2.18. The fourth-order valence-electron chi connectivity index (χ4n) is 2.04. The summed E-state index contributed by atoms with van der Waals surface area (Å²) in [5.41, 5.74) is 2.43. The summed E-state index contributed by atoms with van der Waals surface area (Å²) in [7, 11) is 0. The van der Waals surface area contributed by atoms with Crippen LogP contribution in [0.5, 0.6) is 0 Å². The number of nitrogens with one attached hydrogen (secondary N) is 1. The molecule has 0 spiro atoms. The first-order chi connectivity index (χ1) is 9.29. The van der Waals surface area contributed by atoms with Crippen molar-refractivity contribution in [1.82, 2.24) is 10.3 Å². The van der Waals surface area contributed by atoms with Gasteiger partial charge in [-0.3, -0.25) is 4.98 Å². The number of hydrogen-bond donors (Lipinski definition) is 1. The lowest BCUT2D eigenvalue weighted by molar-refractivity contribution is 0.518. The molecule has 19 heavy (non-hydrogen) atoms. The minimum atomic E-state index is 0.274. The third kappa shape index (κ3) is 4.44. The normalized spacial score (nSPS) is 12.3. The zero-order chi connectivity index (χ0) is 13.5. The highest BCUT2D eigenvalue weighted by molar-refractivity contribution is 9.10. The molecule has 0 aliphatic heterocycles. The Morgan fingerprint density at radius 1 is 1.16 bits per heavy atom. The molecular weight excluding hydrogens is 300 g/mol. The van der Waals surface area contributed by atoms with Gasteiger partial charge < -0.3 is 5.32 Å². The molecule has 2 rings (SSSR count). The highest BCUT2D eigenvalue weighted by Crippen LogP contribution is 2.18. The Morgan fingerprint density at radius 3 is 2.58 bits per heavy atom. The lowest BCUT2D eigenvalue weighted by atomic mass is 10.0. The average molecular weight is 319 g/mol. The minimum Gasteiger partial charge on any atom is -0.308 e. The Hall–Kier alpha value is -1.19. The van der Waals surface area contributed by atoms with Crippen LogP contribution in [0.2, 0.25) is 0 Å². The average Bonchev–Trinajstić information content (AvgIpc) is 2.45. The second-order valence-electron chi connectivity index (χ2n) is 4.60. The van der Waals surface area contributed by atoms with E-state index in [1.54, 1.807) is 0 Å². The molecule has 3 heteroatoms. The van der Waals surface area contributed by atoms with Crippen LogP contribution in [0.3, 0.4) is 0 Å². The van der Waals surface area contributed by atoms with E-state index in [0.29, 0.717) is 0 Å². The van der Waals surface area contributed by atoms with Crippen molar-refractivity contribution in [3.8, 4) is 0 Å². The van der Waals surface area contributed by atoms with Crippen molar-refractivity contribution < 1.29 is 0 Å². The molecule has 1 aromatic heterocycles. The molecule has 1 unspecified atom stereocenters. The number of pyridine rings is 1. The molecule has 0 bridgehead atoms. The molecule has 0 fully saturated rings. The largest absolute Gasteiger partial charge is 0.308 e. The van der Waals surface area contributed by atoms with Gasteiger partial charge in [-0.25, -0.2) is 0 Å². The number of hydrogen-bond acceptors (Lipinski definition) is 2. The van der Waals surface area contributed by atoms with Gasteiger partial charge >= 0.3 is 0 Å². The van der Waals surface area contributed by atoms with E-state index in [2.05, 4.69) is 69.6 Å². The van der Waals surface area contributed by atoms with E-state index < -0.39 is 0 Å². The molecule has 1 N–H and O–H groups in total. The maximum Gasteiger partial charge on any atom is 0.0577 e. The van der Waals surface area contributed by atoms with Crippen LogP contribution in [0.15, 0.2) is 53.1 Å². The summed E-state index contributed by atoms with van der Waals surface area (Å²) in [6.07, 6.45) is 3.96. The third-order valence-corrected chi connectivity index (χ3v) is 3.50. The standard InChI is InChI=1S/C16H19BrN2/c1-2-10-18-16(11-13-6-4-3-5-7-13)15-9-8-14(17)12-19-15/h3-9,12,16,18H,2,10-11H2,1H3. The van der Waals surface area contributed by atoms with Gasteiger partial charge in [-0.1, -0.05) is 37.3 Å². The van der Waals surface area contributed by atoms with E-state index in [9.17, 15) is 0 Å². The van der Waals surface area contributed by atoms with Crippen LogP contribution in [0.25, 0.3) is 0 Å². The fourth-order valence-corrected chi connectivity index (χ4v) is 2.28. The first kappa shape index (κ1) is 14.2. The molecule has 2 aromatic rings. The summed E-state index contributed by atoms with van der Waals surface area (Å²) >= 11 is 3.43. The third-order valence-electron chi connectivity index (χ3n) is 3.03. The fraction of sp³-hybridized carbons (Fsp3) is 0.312. The van der Waals surface area contributed by atoms with Crippen LogP contribution in [-0.4, -0.2) is 11.5 Å². The Balaban J connectivity index is 2.13. The van der Waals surface area contributed by atoms with E-state index in [1.807, 2.05) is 12.3 Å². The molecule has 0 radical (unpaired) electrons. The number of nitrogens with zero attached hydrogens (tertiary/aromatic N) is 1. The zero-order valence-electron chi connectivity index (χ0n) is 11.1. The van der Waals surface area contributed by atoms with Crippen molar-refractivity contribution in [3.05, 3.63) is 64.4 Å². The first-order valence-electron chi connectivity index (χ1n) is 6.68. The van der Waals surface area contributed by atoms with Crippen LogP contribution in [0.1, 0.15) is 30.6 Å². The molecule has 2 nitrogen and oxygen atoms in total. The Bertz CT molecular complexity index is 482. The van der Waals surface area contributed by atoms with Crippen LogP contribution in [0.4, 0.5) is 0 Å². The van der Waals surface area contributed by atoms with E-state index in [0.717, 1.165) is 29.6 Å². The molecule has 1 heterocycles. The van der Waals surface area contributed by atoms with Crippen LogP contribution in [0, 0.1) is 0 Å². The van der Waals surface area contributed by atoms with E-state index >= 15 is 0 Å². The van der Waals surface area contributed by atoms with Crippen molar-refractivity contribution in [3.63, 3.8) is 0 Å². The van der Waals surface area contributed by atoms with E-state index in [-0.39, 0.29) is 6.04 Å². The number of rotatable bonds is 6. The lowest BCUT2D eigenvalue weighted by Crippen LogP contribution is -2.24. The molecule has 1 aromatic carbocycles. The number of benzene rings is 1. The maximum absolute atomic E-state index is 4.52. The SMILES string of the molecule is CCCNC(Cc1ccccc1)c1ccc(Br)cn1. The predicted molar refractivity (Wildman–Crippen MR) is 83.1 cm³/mol. The highest BCUT2D eigenvalue weighted by Gasteiger charge is 2.12. The maximum atomic E-state index is 4.52. The van der Waals surface area contributed by atoms with Gasteiger partial charge in [0.1, 0.15) is 0 Å². The van der Waals surface area contributed by atoms with Crippen molar-refractivity contribution in [2.45, 2.75) is 25.8 Å². The second kappa shape index (κ2) is 7.41. The monoisotopic (exact) mass is 318 g/mol. The minimum absolute atomic E-state index is 0.274. The van der Waals surface area contributed by atoms with E-state index in [1.165, 1.54) is 5.56 Å². The number of aromatic nitrogens is 1. The summed E-state index contributed by atoms with van der Waals surface area (Å²) in [6.45, 7) is 3.19. The van der Waals surface area contributed by atoms with Gasteiger partial charge in [-0.05, 0) is 53.0 Å². The first-order valence-corrected chi connectivity index (χ1v) is 7.47. The van der Waals surface area contributed by atoms with Gasteiger partial charge in [0, 0.05) is 10.7 Å².